The van der Waals surface area contributed by atoms with E-state index in [9.17, 15) is 18.4 Å². The normalized spacial score (nSPS) is 20.9. The molecule has 1 amide bonds. The molecule has 1 aromatic rings. The zero-order chi connectivity index (χ0) is 16.2. The number of carbonyl (C=O) groups excluding carboxylic acids is 1. The minimum atomic E-state index is -2.35. The maximum atomic E-state index is 13.8. The quantitative estimate of drug-likeness (QED) is 0.816. The molecule has 0 bridgehead atoms. The number of likely N-dealkylation sites (tertiary alicyclic amines) is 1. The summed E-state index contributed by atoms with van der Waals surface area (Å²) in [7, 11) is 0. The number of aliphatic carboxylic acids is 1. The van der Waals surface area contributed by atoms with E-state index in [1.165, 1.54) is 17.0 Å². The van der Waals surface area contributed by atoms with Crippen molar-refractivity contribution in [1.29, 1.82) is 0 Å². The molecule has 22 heavy (non-hydrogen) atoms. The van der Waals surface area contributed by atoms with Crippen molar-refractivity contribution >= 4 is 11.9 Å². The third kappa shape index (κ3) is 3.72. The fraction of sp³-hybridized carbons (Fsp3) is 0.467. The number of carbonyl (C=O) groups is 2. The first-order valence-corrected chi connectivity index (χ1v) is 7.00. The van der Waals surface area contributed by atoms with E-state index in [0.717, 1.165) is 0 Å². The second-order valence-corrected chi connectivity index (χ2v) is 5.22. The molecule has 1 saturated heterocycles. The maximum Gasteiger partial charge on any atom is 0.343 e. The summed E-state index contributed by atoms with van der Waals surface area (Å²) >= 11 is 0. The Bertz CT molecular complexity index is 566. The van der Waals surface area contributed by atoms with Crippen LogP contribution < -0.4 is 4.74 Å². The van der Waals surface area contributed by atoms with Crippen molar-refractivity contribution in [3.63, 3.8) is 0 Å². The first-order chi connectivity index (χ1) is 10.4. The summed E-state index contributed by atoms with van der Waals surface area (Å²) in [5, 5.41) is 8.77. The van der Waals surface area contributed by atoms with Gasteiger partial charge >= 0.3 is 5.97 Å². The molecular formula is C15H17F2NO4. The van der Waals surface area contributed by atoms with Crippen LogP contribution in [0, 0.1) is 5.82 Å². The highest BCUT2D eigenvalue weighted by Crippen LogP contribution is 2.26. The van der Waals surface area contributed by atoms with E-state index in [2.05, 4.69) is 0 Å². The average Bonchev–Trinajstić information content (AvgIpc) is 2.89. The lowest BCUT2D eigenvalue weighted by Crippen LogP contribution is -2.38. The molecule has 1 aliphatic heterocycles. The molecule has 0 aromatic heterocycles. The molecule has 0 radical (unpaired) electrons. The molecule has 0 spiro atoms. The fourth-order valence-electron chi connectivity index (χ4n) is 2.29. The number of carboxylic acid groups (broad SMARTS) is 1. The lowest BCUT2D eigenvalue weighted by atomic mass is 10.1. The zero-order valence-electron chi connectivity index (χ0n) is 11.9. The highest BCUT2D eigenvalue weighted by atomic mass is 19.1. The summed E-state index contributed by atoms with van der Waals surface area (Å²) in [6.07, 6.45) is 0.250. The summed E-state index contributed by atoms with van der Waals surface area (Å²) in [6, 6.07) is 5.95. The van der Waals surface area contributed by atoms with Crippen molar-refractivity contribution in [1.82, 2.24) is 4.90 Å². The molecular weight excluding hydrogens is 296 g/mol. The Morgan fingerprint density at radius 3 is 2.73 bits per heavy atom. The van der Waals surface area contributed by atoms with Gasteiger partial charge in [0.05, 0.1) is 13.2 Å². The summed E-state index contributed by atoms with van der Waals surface area (Å²) in [5.74, 6) is -2.22. The lowest BCUT2D eigenvalue weighted by molar-refractivity contribution is -0.150. The van der Waals surface area contributed by atoms with E-state index in [0.29, 0.717) is 6.42 Å². The van der Waals surface area contributed by atoms with Crippen LogP contribution in [0.15, 0.2) is 24.3 Å². The van der Waals surface area contributed by atoms with E-state index in [1.807, 2.05) is 0 Å². The maximum absolute atomic E-state index is 13.8. The largest absolute Gasteiger partial charge is 0.491 e. The number of rotatable bonds is 6. The first-order valence-electron chi connectivity index (χ1n) is 7.00. The van der Waals surface area contributed by atoms with Crippen LogP contribution >= 0.6 is 0 Å². The van der Waals surface area contributed by atoms with Crippen molar-refractivity contribution in [3.05, 3.63) is 30.1 Å². The van der Waals surface area contributed by atoms with Gasteiger partial charge in [-0.3, -0.25) is 4.79 Å². The van der Waals surface area contributed by atoms with Gasteiger partial charge in [0, 0.05) is 19.4 Å². The zero-order valence-corrected chi connectivity index (χ0v) is 11.9. The van der Waals surface area contributed by atoms with E-state index in [1.54, 1.807) is 12.1 Å². The number of nitrogens with zero attached hydrogens (tertiary/aromatic N) is 1. The summed E-state index contributed by atoms with van der Waals surface area (Å²) in [5.41, 5.74) is -2.35. The predicted octanol–water partition coefficient (Wildman–Crippen LogP) is 2.01. The van der Waals surface area contributed by atoms with E-state index in [-0.39, 0.29) is 37.6 Å². The van der Waals surface area contributed by atoms with Crippen molar-refractivity contribution in [2.24, 2.45) is 0 Å². The molecule has 1 fully saturated rings. The molecule has 0 saturated carbocycles. The highest BCUT2D eigenvalue weighted by molar-refractivity contribution is 5.82. The fourth-order valence-corrected chi connectivity index (χ4v) is 2.29. The number of amides is 1. The first kappa shape index (κ1) is 16.2. The van der Waals surface area contributed by atoms with Gasteiger partial charge in [0.25, 0.3) is 0 Å². The number of benzene rings is 1. The van der Waals surface area contributed by atoms with Gasteiger partial charge in [-0.25, -0.2) is 13.6 Å². The summed E-state index contributed by atoms with van der Waals surface area (Å²) in [4.78, 5) is 23.8. The van der Waals surface area contributed by atoms with Crippen LogP contribution in [0.1, 0.15) is 19.3 Å². The predicted molar refractivity (Wildman–Crippen MR) is 73.8 cm³/mol. The standard InChI is InChI=1S/C15H17F2NO4/c16-11-4-1-2-5-12(11)22-9-3-6-13(19)18-8-7-15(17,10-18)14(20)21/h1-2,4-5H,3,6-10H2,(H,20,21). The monoisotopic (exact) mass is 313 g/mol. The minimum absolute atomic E-state index is 0.0931. The Kier molecular flexibility index (Phi) is 4.95. The topological polar surface area (TPSA) is 66.8 Å². The third-order valence-electron chi connectivity index (χ3n) is 3.58. The Labute approximate surface area is 126 Å². The molecule has 1 aliphatic rings. The second kappa shape index (κ2) is 6.72. The Morgan fingerprint density at radius 2 is 2.09 bits per heavy atom. The van der Waals surface area contributed by atoms with Gasteiger partial charge in [0.2, 0.25) is 11.6 Å². The Balaban J connectivity index is 1.73. The van der Waals surface area contributed by atoms with E-state index < -0.39 is 24.0 Å². The van der Waals surface area contributed by atoms with E-state index in [4.69, 9.17) is 9.84 Å². The highest BCUT2D eigenvalue weighted by Gasteiger charge is 2.46. The van der Waals surface area contributed by atoms with Crippen LogP contribution in [0.5, 0.6) is 5.75 Å². The van der Waals surface area contributed by atoms with Crippen LogP contribution in [0.3, 0.4) is 0 Å². The van der Waals surface area contributed by atoms with Crippen LogP contribution in [0.25, 0.3) is 0 Å². The summed E-state index contributed by atoms with van der Waals surface area (Å²) in [6.45, 7) is -0.175. The van der Waals surface area contributed by atoms with E-state index >= 15 is 0 Å². The SMILES string of the molecule is O=C(CCCOc1ccccc1F)N1CCC(F)(C(=O)O)C1. The molecule has 1 unspecified atom stereocenters. The molecule has 1 atom stereocenters. The van der Waals surface area contributed by atoms with Crippen LogP contribution in [-0.2, 0) is 9.59 Å². The molecule has 1 heterocycles. The number of para-hydroxylation sites is 1. The smallest absolute Gasteiger partial charge is 0.343 e. The van der Waals surface area contributed by atoms with Crippen molar-refractivity contribution in [2.75, 3.05) is 19.7 Å². The number of hydrogen-bond donors (Lipinski definition) is 1. The van der Waals surface area contributed by atoms with Gasteiger partial charge in [-0.1, -0.05) is 12.1 Å². The van der Waals surface area contributed by atoms with Crippen molar-refractivity contribution in [2.45, 2.75) is 24.9 Å². The minimum Gasteiger partial charge on any atom is -0.491 e. The number of alkyl halides is 1. The van der Waals surface area contributed by atoms with Gasteiger partial charge in [-0.05, 0) is 18.6 Å². The van der Waals surface area contributed by atoms with Gasteiger partial charge in [0.1, 0.15) is 0 Å². The van der Waals surface area contributed by atoms with Crippen LogP contribution in [-0.4, -0.2) is 47.2 Å². The number of carboxylic acids is 1. The average molecular weight is 313 g/mol. The molecule has 120 valence electrons. The summed E-state index contributed by atoms with van der Waals surface area (Å²) < 4.78 is 32.3. The molecule has 1 N–H and O–H groups in total. The van der Waals surface area contributed by atoms with Crippen molar-refractivity contribution in [3.8, 4) is 5.75 Å². The number of halogens is 2. The molecule has 7 heteroatoms. The van der Waals surface area contributed by atoms with Crippen molar-refractivity contribution < 1.29 is 28.2 Å². The van der Waals surface area contributed by atoms with Gasteiger partial charge < -0.3 is 14.7 Å². The van der Waals surface area contributed by atoms with Crippen LogP contribution in [0.2, 0.25) is 0 Å². The second-order valence-electron chi connectivity index (χ2n) is 5.22. The van der Waals surface area contributed by atoms with Gasteiger partial charge in [-0.2, -0.15) is 0 Å². The Hall–Kier alpha value is -2.18. The number of hydrogen-bond acceptors (Lipinski definition) is 3. The van der Waals surface area contributed by atoms with Gasteiger partial charge in [-0.15, -0.1) is 0 Å². The lowest BCUT2D eigenvalue weighted by Gasteiger charge is -2.17. The molecule has 5 nitrogen and oxygen atoms in total. The number of ether oxygens (including phenoxy) is 1. The molecule has 1 aromatic carbocycles. The van der Waals surface area contributed by atoms with Gasteiger partial charge in [0.15, 0.2) is 11.6 Å². The molecule has 2 rings (SSSR count). The van der Waals surface area contributed by atoms with Crippen LogP contribution in [0.4, 0.5) is 8.78 Å². The molecule has 0 aliphatic carbocycles. The third-order valence-corrected chi connectivity index (χ3v) is 3.58. The Morgan fingerprint density at radius 1 is 1.36 bits per heavy atom.